The molecule has 2 heteroatoms. The summed E-state index contributed by atoms with van der Waals surface area (Å²) in [6.07, 6.45) is 5.83. The summed E-state index contributed by atoms with van der Waals surface area (Å²) in [5, 5.41) is 0.404. The van der Waals surface area contributed by atoms with E-state index < -0.39 is 0 Å². The molecule has 1 saturated carbocycles. The summed E-state index contributed by atoms with van der Waals surface area (Å²) in [5.41, 5.74) is 0. The molecule has 13 heavy (non-hydrogen) atoms. The van der Waals surface area contributed by atoms with Crippen molar-refractivity contribution in [3.63, 3.8) is 0 Å². The quantitative estimate of drug-likeness (QED) is 0.622. The highest BCUT2D eigenvalue weighted by Crippen LogP contribution is 2.28. The second-order valence-corrected chi connectivity index (χ2v) is 5.42. The van der Waals surface area contributed by atoms with Crippen molar-refractivity contribution in [2.45, 2.75) is 38.0 Å². The summed E-state index contributed by atoms with van der Waals surface area (Å²) < 4.78 is 0. The summed E-state index contributed by atoms with van der Waals surface area (Å²) in [4.78, 5) is 2.57. The lowest BCUT2D eigenvalue weighted by molar-refractivity contribution is 0.273. The van der Waals surface area contributed by atoms with Crippen molar-refractivity contribution < 1.29 is 0 Å². The maximum absolute atomic E-state index is 6.20. The van der Waals surface area contributed by atoms with Crippen molar-refractivity contribution >= 4 is 11.6 Å². The van der Waals surface area contributed by atoms with Gasteiger partial charge in [-0.2, -0.15) is 0 Å². The van der Waals surface area contributed by atoms with Gasteiger partial charge in [0.05, 0.1) is 5.38 Å². The normalized spacial score (nSPS) is 37.4. The Morgan fingerprint density at radius 3 is 2.46 bits per heavy atom. The predicted octanol–water partition coefficient (Wildman–Crippen LogP) is 2.74. The molecule has 0 spiro atoms. The average Bonchev–Trinajstić information content (AvgIpc) is 2.64. The minimum absolute atomic E-state index is 0.404. The van der Waals surface area contributed by atoms with Gasteiger partial charge in [0.15, 0.2) is 0 Å². The topological polar surface area (TPSA) is 3.24 Å². The van der Waals surface area contributed by atoms with Gasteiger partial charge in [-0.15, -0.1) is 11.6 Å². The van der Waals surface area contributed by atoms with Gasteiger partial charge < -0.3 is 4.90 Å². The van der Waals surface area contributed by atoms with Crippen LogP contribution in [0.15, 0.2) is 0 Å². The zero-order chi connectivity index (χ0) is 9.26. The molecule has 2 fully saturated rings. The van der Waals surface area contributed by atoms with Gasteiger partial charge in [0.25, 0.3) is 0 Å². The Kier molecular flexibility index (Phi) is 3.15. The molecule has 76 valence electrons. The second-order valence-electron chi connectivity index (χ2n) is 4.86. The standard InChI is InChI=1S/C11H20ClN/c1-9-6-13(8-11(9)12)7-10-4-2-3-5-10/h9-11H,2-8H2,1H3. The lowest BCUT2D eigenvalue weighted by Gasteiger charge is -2.19. The lowest BCUT2D eigenvalue weighted by Crippen LogP contribution is -2.26. The fourth-order valence-corrected chi connectivity index (χ4v) is 3.00. The Morgan fingerprint density at radius 2 is 1.92 bits per heavy atom. The highest BCUT2D eigenvalue weighted by Gasteiger charge is 2.29. The van der Waals surface area contributed by atoms with Gasteiger partial charge in [-0.05, 0) is 24.7 Å². The third kappa shape index (κ3) is 2.38. The first-order valence-electron chi connectivity index (χ1n) is 5.62. The Bertz CT molecular complexity index is 155. The number of halogens is 1. The summed E-state index contributed by atoms with van der Waals surface area (Å²) in [7, 11) is 0. The van der Waals surface area contributed by atoms with Gasteiger partial charge in [-0.1, -0.05) is 19.8 Å². The zero-order valence-electron chi connectivity index (χ0n) is 8.51. The number of rotatable bonds is 2. The second kappa shape index (κ2) is 4.18. The fraction of sp³-hybridized carbons (Fsp3) is 1.00. The van der Waals surface area contributed by atoms with Crippen LogP contribution in [0.3, 0.4) is 0 Å². The van der Waals surface area contributed by atoms with Gasteiger partial charge in [-0.25, -0.2) is 0 Å². The van der Waals surface area contributed by atoms with Crippen LogP contribution in [0.25, 0.3) is 0 Å². The van der Waals surface area contributed by atoms with Crippen LogP contribution in [0.5, 0.6) is 0 Å². The molecule has 0 bridgehead atoms. The van der Waals surface area contributed by atoms with Crippen LogP contribution in [0.4, 0.5) is 0 Å². The van der Waals surface area contributed by atoms with E-state index in [0.717, 1.165) is 12.5 Å². The van der Waals surface area contributed by atoms with E-state index in [0.29, 0.717) is 11.3 Å². The van der Waals surface area contributed by atoms with E-state index in [1.807, 2.05) is 0 Å². The molecule has 0 N–H and O–H groups in total. The fourth-order valence-electron chi connectivity index (χ4n) is 2.73. The van der Waals surface area contributed by atoms with E-state index in [1.54, 1.807) is 0 Å². The Balaban J connectivity index is 1.76. The maximum Gasteiger partial charge on any atom is 0.0500 e. The third-order valence-corrected chi connectivity index (χ3v) is 4.16. The number of hydrogen-bond acceptors (Lipinski definition) is 1. The first-order chi connectivity index (χ1) is 6.25. The molecule has 0 aromatic heterocycles. The van der Waals surface area contributed by atoms with Crippen LogP contribution in [0.2, 0.25) is 0 Å². The van der Waals surface area contributed by atoms with Crippen molar-refractivity contribution in [2.75, 3.05) is 19.6 Å². The predicted molar refractivity (Wildman–Crippen MR) is 57.2 cm³/mol. The van der Waals surface area contributed by atoms with Gasteiger partial charge in [0, 0.05) is 19.6 Å². The Morgan fingerprint density at radius 1 is 1.23 bits per heavy atom. The van der Waals surface area contributed by atoms with Crippen molar-refractivity contribution in [1.29, 1.82) is 0 Å². The van der Waals surface area contributed by atoms with Crippen molar-refractivity contribution in [1.82, 2.24) is 4.90 Å². The van der Waals surface area contributed by atoms with Crippen LogP contribution in [0, 0.1) is 11.8 Å². The van der Waals surface area contributed by atoms with Gasteiger partial charge in [0.1, 0.15) is 0 Å². The molecule has 1 aliphatic carbocycles. The van der Waals surface area contributed by atoms with E-state index >= 15 is 0 Å². The minimum Gasteiger partial charge on any atom is -0.301 e. The van der Waals surface area contributed by atoms with Crippen LogP contribution in [0.1, 0.15) is 32.6 Å². The molecule has 2 aliphatic rings. The van der Waals surface area contributed by atoms with E-state index in [-0.39, 0.29) is 0 Å². The van der Waals surface area contributed by atoms with E-state index in [2.05, 4.69) is 11.8 Å². The van der Waals surface area contributed by atoms with Crippen LogP contribution >= 0.6 is 11.6 Å². The molecule has 0 aromatic rings. The zero-order valence-corrected chi connectivity index (χ0v) is 9.26. The van der Waals surface area contributed by atoms with Crippen LogP contribution in [-0.2, 0) is 0 Å². The number of alkyl halides is 1. The van der Waals surface area contributed by atoms with Gasteiger partial charge in [-0.3, -0.25) is 0 Å². The summed E-state index contributed by atoms with van der Waals surface area (Å²) in [5.74, 6) is 1.68. The molecule has 1 saturated heterocycles. The molecular weight excluding hydrogens is 182 g/mol. The Labute approximate surface area is 86.4 Å². The van der Waals surface area contributed by atoms with Crippen molar-refractivity contribution in [3.8, 4) is 0 Å². The molecule has 2 atom stereocenters. The van der Waals surface area contributed by atoms with E-state index in [1.165, 1.54) is 38.8 Å². The van der Waals surface area contributed by atoms with Gasteiger partial charge >= 0.3 is 0 Å². The van der Waals surface area contributed by atoms with Gasteiger partial charge in [0.2, 0.25) is 0 Å². The number of hydrogen-bond donors (Lipinski definition) is 0. The minimum atomic E-state index is 0.404. The highest BCUT2D eigenvalue weighted by molar-refractivity contribution is 6.21. The molecule has 0 aromatic carbocycles. The summed E-state index contributed by atoms with van der Waals surface area (Å²) >= 11 is 6.20. The lowest BCUT2D eigenvalue weighted by atomic mass is 10.1. The van der Waals surface area contributed by atoms with E-state index in [4.69, 9.17) is 11.6 Å². The molecule has 1 nitrogen and oxygen atoms in total. The molecule has 1 aliphatic heterocycles. The maximum atomic E-state index is 6.20. The molecule has 0 amide bonds. The monoisotopic (exact) mass is 201 g/mol. The average molecular weight is 202 g/mol. The molecule has 2 rings (SSSR count). The first-order valence-corrected chi connectivity index (χ1v) is 6.06. The largest absolute Gasteiger partial charge is 0.301 e. The Hall–Kier alpha value is 0.250. The van der Waals surface area contributed by atoms with E-state index in [9.17, 15) is 0 Å². The third-order valence-electron chi connectivity index (χ3n) is 3.59. The SMILES string of the molecule is CC1CN(CC2CCCC2)CC1Cl. The smallest absolute Gasteiger partial charge is 0.0500 e. The molecule has 0 radical (unpaired) electrons. The molecule has 1 heterocycles. The van der Waals surface area contributed by atoms with Crippen molar-refractivity contribution in [3.05, 3.63) is 0 Å². The first kappa shape index (κ1) is 9.79. The highest BCUT2D eigenvalue weighted by atomic mass is 35.5. The molecule has 2 unspecified atom stereocenters. The summed E-state index contributed by atoms with van der Waals surface area (Å²) in [6.45, 7) is 5.93. The summed E-state index contributed by atoms with van der Waals surface area (Å²) in [6, 6.07) is 0. The molecular formula is C11H20ClN. The number of nitrogens with zero attached hydrogens (tertiary/aromatic N) is 1. The van der Waals surface area contributed by atoms with Crippen molar-refractivity contribution in [2.24, 2.45) is 11.8 Å². The van der Waals surface area contributed by atoms with Crippen LogP contribution < -0.4 is 0 Å². The van der Waals surface area contributed by atoms with Crippen LogP contribution in [-0.4, -0.2) is 29.9 Å². The number of likely N-dealkylation sites (tertiary alicyclic amines) is 1.